The molecule has 1 aromatic carbocycles. The van der Waals surface area contributed by atoms with Gasteiger partial charge in [-0.1, -0.05) is 23.5 Å². The Labute approximate surface area is 189 Å². The molecule has 1 aliphatic rings. The molecule has 8 heteroatoms. The molecule has 160 valence electrons. The molecule has 0 fully saturated rings. The quantitative estimate of drug-likeness (QED) is 0.425. The van der Waals surface area contributed by atoms with E-state index in [1.54, 1.807) is 29.7 Å². The number of hydrogen-bond acceptors (Lipinski definition) is 7. The van der Waals surface area contributed by atoms with Gasteiger partial charge in [0.15, 0.2) is 5.13 Å². The Morgan fingerprint density at radius 3 is 2.84 bits per heavy atom. The highest BCUT2D eigenvalue weighted by Gasteiger charge is 2.25. The Hall–Kier alpha value is -3.78. The van der Waals surface area contributed by atoms with Crippen molar-refractivity contribution in [2.75, 3.05) is 16.8 Å². The van der Waals surface area contributed by atoms with Crippen molar-refractivity contribution in [2.45, 2.75) is 19.8 Å². The van der Waals surface area contributed by atoms with Crippen LogP contribution in [0.3, 0.4) is 0 Å². The van der Waals surface area contributed by atoms with Gasteiger partial charge in [-0.15, -0.1) is 0 Å². The Balaban J connectivity index is 1.43. The van der Waals surface area contributed by atoms with Crippen molar-refractivity contribution in [2.24, 2.45) is 0 Å². The molecule has 5 rings (SSSR count). The van der Waals surface area contributed by atoms with Crippen LogP contribution in [0.15, 0.2) is 60.9 Å². The summed E-state index contributed by atoms with van der Waals surface area (Å²) in [5.41, 5.74) is 4.11. The van der Waals surface area contributed by atoms with Crippen molar-refractivity contribution in [3.8, 4) is 10.6 Å². The number of carboxylic acids is 1. The Kier molecular flexibility index (Phi) is 5.28. The normalized spacial score (nSPS) is 13.0. The molecule has 3 aromatic heterocycles. The molecule has 0 saturated carbocycles. The summed E-state index contributed by atoms with van der Waals surface area (Å²) in [5, 5.41) is 13.6. The smallest absolute Gasteiger partial charge is 0.336 e. The minimum Gasteiger partial charge on any atom is -0.478 e. The second-order valence-corrected chi connectivity index (χ2v) is 8.63. The van der Waals surface area contributed by atoms with Crippen LogP contribution in [0, 0.1) is 6.92 Å². The number of pyridine rings is 2. The van der Waals surface area contributed by atoms with Crippen molar-refractivity contribution in [3.05, 3.63) is 77.6 Å². The highest BCUT2D eigenvalue weighted by molar-refractivity contribution is 7.18. The fourth-order valence-electron chi connectivity index (χ4n) is 3.91. The monoisotopic (exact) mass is 443 g/mol. The number of aromatic nitrogens is 3. The molecular weight excluding hydrogens is 422 g/mol. The van der Waals surface area contributed by atoms with E-state index in [2.05, 4.69) is 20.2 Å². The van der Waals surface area contributed by atoms with E-state index in [9.17, 15) is 9.90 Å². The third-order valence-electron chi connectivity index (χ3n) is 5.38. The van der Waals surface area contributed by atoms with Crippen molar-refractivity contribution in [1.29, 1.82) is 0 Å². The molecule has 7 nitrogen and oxygen atoms in total. The van der Waals surface area contributed by atoms with Gasteiger partial charge in [-0.2, -0.15) is 0 Å². The van der Waals surface area contributed by atoms with Crippen LogP contribution in [-0.4, -0.2) is 32.6 Å². The minimum atomic E-state index is -0.889. The fourth-order valence-corrected chi connectivity index (χ4v) is 4.83. The lowest BCUT2D eigenvalue weighted by atomic mass is 9.96. The van der Waals surface area contributed by atoms with Crippen molar-refractivity contribution in [3.63, 3.8) is 0 Å². The van der Waals surface area contributed by atoms with Gasteiger partial charge >= 0.3 is 5.97 Å². The van der Waals surface area contributed by atoms with E-state index in [4.69, 9.17) is 4.98 Å². The zero-order valence-electron chi connectivity index (χ0n) is 17.4. The summed E-state index contributed by atoms with van der Waals surface area (Å²) in [6, 6.07) is 15.2. The third-order valence-corrected chi connectivity index (χ3v) is 6.42. The van der Waals surface area contributed by atoms with Gasteiger partial charge in [0.2, 0.25) is 0 Å². The number of benzene rings is 1. The average Bonchev–Trinajstić information content (AvgIpc) is 3.28. The average molecular weight is 444 g/mol. The molecule has 4 aromatic rings. The molecule has 0 spiro atoms. The number of rotatable bonds is 5. The van der Waals surface area contributed by atoms with Gasteiger partial charge in [0.25, 0.3) is 0 Å². The predicted octanol–water partition coefficient (Wildman–Crippen LogP) is 5.43. The summed E-state index contributed by atoms with van der Waals surface area (Å²) in [6.45, 7) is 2.82. The summed E-state index contributed by atoms with van der Waals surface area (Å²) < 4.78 is 0. The van der Waals surface area contributed by atoms with Gasteiger partial charge in [-0.05, 0) is 67.3 Å². The van der Waals surface area contributed by atoms with Crippen LogP contribution < -0.4 is 10.2 Å². The minimum absolute atomic E-state index is 0.370. The number of hydrogen-bond donors (Lipinski definition) is 2. The van der Waals surface area contributed by atoms with Gasteiger partial charge in [-0.3, -0.25) is 0 Å². The topological polar surface area (TPSA) is 91.2 Å². The Morgan fingerprint density at radius 1 is 1.12 bits per heavy atom. The van der Waals surface area contributed by atoms with E-state index in [0.29, 0.717) is 11.4 Å². The third kappa shape index (κ3) is 3.92. The van der Waals surface area contributed by atoms with E-state index < -0.39 is 5.97 Å². The highest BCUT2D eigenvalue weighted by atomic mass is 32.1. The van der Waals surface area contributed by atoms with Crippen LogP contribution >= 0.6 is 11.3 Å². The van der Waals surface area contributed by atoms with Crippen LogP contribution in [0.1, 0.15) is 27.9 Å². The molecule has 0 saturated heterocycles. The number of aryl methyl sites for hydroxylation is 1. The molecule has 0 atom stereocenters. The molecule has 0 radical (unpaired) electrons. The van der Waals surface area contributed by atoms with Gasteiger partial charge in [-0.25, -0.2) is 19.7 Å². The predicted molar refractivity (Wildman–Crippen MR) is 126 cm³/mol. The zero-order chi connectivity index (χ0) is 22.1. The summed E-state index contributed by atoms with van der Waals surface area (Å²) >= 11 is 1.55. The van der Waals surface area contributed by atoms with Crippen LogP contribution in [-0.2, 0) is 6.42 Å². The van der Waals surface area contributed by atoms with Crippen molar-refractivity contribution < 1.29 is 9.90 Å². The second-order valence-electron chi connectivity index (χ2n) is 7.62. The summed E-state index contributed by atoms with van der Waals surface area (Å²) in [5.74, 6) is 0.573. The van der Waals surface area contributed by atoms with E-state index in [1.807, 2.05) is 49.5 Å². The van der Waals surface area contributed by atoms with Gasteiger partial charge in [0, 0.05) is 24.6 Å². The molecule has 4 heterocycles. The first-order valence-corrected chi connectivity index (χ1v) is 11.2. The number of nitrogens with zero attached hydrogens (tertiary/aromatic N) is 4. The number of fused-ring (bicyclic) bond motifs is 1. The number of carbonyl (C=O) groups is 1. The van der Waals surface area contributed by atoms with Gasteiger partial charge < -0.3 is 15.3 Å². The van der Waals surface area contributed by atoms with Crippen LogP contribution in [0.25, 0.3) is 10.6 Å². The molecule has 0 amide bonds. The summed E-state index contributed by atoms with van der Waals surface area (Å²) in [6.07, 6.45) is 5.23. The lowest BCUT2D eigenvalue weighted by Crippen LogP contribution is -2.25. The van der Waals surface area contributed by atoms with E-state index in [-0.39, 0.29) is 0 Å². The number of nitrogens with one attached hydrogen (secondary N) is 1. The highest BCUT2D eigenvalue weighted by Crippen LogP contribution is 2.39. The molecule has 0 aliphatic carbocycles. The molecule has 0 unspecified atom stereocenters. The first-order chi connectivity index (χ1) is 15.6. The Bertz CT molecular complexity index is 1300. The zero-order valence-corrected chi connectivity index (χ0v) is 18.3. The van der Waals surface area contributed by atoms with E-state index in [1.165, 1.54) is 0 Å². The number of carboxylic acid groups (broad SMARTS) is 1. The fraction of sp³-hybridized carbons (Fsp3) is 0.167. The van der Waals surface area contributed by atoms with E-state index >= 15 is 0 Å². The van der Waals surface area contributed by atoms with Crippen LogP contribution in [0.2, 0.25) is 0 Å². The summed E-state index contributed by atoms with van der Waals surface area (Å²) in [4.78, 5) is 28.4. The number of aromatic carboxylic acids is 1. The number of thiazole rings is 1. The van der Waals surface area contributed by atoms with Crippen molar-refractivity contribution >= 4 is 39.8 Å². The van der Waals surface area contributed by atoms with Crippen LogP contribution in [0.5, 0.6) is 0 Å². The van der Waals surface area contributed by atoms with Crippen LogP contribution in [0.4, 0.5) is 22.5 Å². The molecule has 0 bridgehead atoms. The maximum absolute atomic E-state index is 11.6. The maximum atomic E-state index is 11.6. The SMILES string of the molecule is Cc1ccnc(Nc2cccc(-c3cnc(N4CCCc5c(C(=O)O)cccc54)s3)n2)c1. The molecule has 1 aliphatic heterocycles. The summed E-state index contributed by atoms with van der Waals surface area (Å²) in [7, 11) is 0. The second kappa shape index (κ2) is 8.39. The van der Waals surface area contributed by atoms with Gasteiger partial charge in [0.1, 0.15) is 11.6 Å². The lowest BCUT2D eigenvalue weighted by Gasteiger charge is -2.29. The molecule has 32 heavy (non-hydrogen) atoms. The first-order valence-electron chi connectivity index (χ1n) is 10.3. The maximum Gasteiger partial charge on any atom is 0.336 e. The Morgan fingerprint density at radius 2 is 2.00 bits per heavy atom. The van der Waals surface area contributed by atoms with Crippen molar-refractivity contribution in [1.82, 2.24) is 15.0 Å². The van der Waals surface area contributed by atoms with Gasteiger partial charge in [0.05, 0.1) is 16.1 Å². The van der Waals surface area contributed by atoms with E-state index in [0.717, 1.165) is 57.7 Å². The standard InChI is InChI=1S/C24H21N5O2S/c1-15-10-11-25-22(13-15)28-21-9-3-7-18(27-21)20-14-26-24(32-20)29-12-4-6-16-17(23(30)31)5-2-8-19(16)29/h2-3,5,7-11,13-14H,4,6,12H2,1H3,(H,30,31)(H,25,27,28). The molecule has 2 N–H and O–H groups in total. The largest absolute Gasteiger partial charge is 0.478 e. The first kappa shape index (κ1) is 20.1. The lowest BCUT2D eigenvalue weighted by molar-refractivity contribution is 0.0695. The number of anilines is 4. The molecular formula is C24H21N5O2S.